The second-order valence-electron chi connectivity index (χ2n) is 4.53. The Morgan fingerprint density at radius 2 is 2.33 bits per heavy atom. The molecule has 1 aromatic carbocycles. The van der Waals surface area contributed by atoms with Crippen LogP contribution in [0.2, 0.25) is 0 Å². The van der Waals surface area contributed by atoms with Crippen molar-refractivity contribution in [2.24, 2.45) is 5.92 Å². The van der Waals surface area contributed by atoms with Crippen molar-refractivity contribution in [1.29, 1.82) is 0 Å². The molecular weight excluding hydrogens is 232 g/mol. The highest BCUT2D eigenvalue weighted by Crippen LogP contribution is 2.28. The lowest BCUT2D eigenvalue weighted by Gasteiger charge is -2.13. The number of ether oxygens (including phenoxy) is 2. The van der Waals surface area contributed by atoms with Crippen LogP contribution in [0.25, 0.3) is 0 Å². The van der Waals surface area contributed by atoms with Crippen LogP contribution in [0.4, 0.5) is 11.4 Å². The first kappa shape index (κ1) is 12.7. The van der Waals surface area contributed by atoms with E-state index in [-0.39, 0.29) is 17.9 Å². The number of carbonyl (C=O) groups is 1. The average molecular weight is 250 g/mol. The van der Waals surface area contributed by atoms with Crippen LogP contribution in [0.15, 0.2) is 18.2 Å². The molecule has 0 radical (unpaired) electrons. The van der Waals surface area contributed by atoms with Crippen molar-refractivity contribution in [3.8, 4) is 5.75 Å². The van der Waals surface area contributed by atoms with E-state index in [9.17, 15) is 4.79 Å². The molecule has 0 aromatic heterocycles. The van der Waals surface area contributed by atoms with E-state index < -0.39 is 0 Å². The molecule has 1 aromatic rings. The summed E-state index contributed by atoms with van der Waals surface area (Å²) in [5, 5.41) is 2.84. The van der Waals surface area contributed by atoms with E-state index in [1.807, 2.05) is 6.92 Å². The molecule has 1 aliphatic rings. The number of nitrogen functional groups attached to an aromatic ring is 1. The lowest BCUT2D eigenvalue weighted by atomic mass is 10.1. The summed E-state index contributed by atoms with van der Waals surface area (Å²) in [6.45, 7) is 2.44. The van der Waals surface area contributed by atoms with Crippen LogP contribution in [-0.2, 0) is 9.53 Å². The molecule has 0 aliphatic carbocycles. The number of anilines is 2. The maximum Gasteiger partial charge on any atom is 0.230 e. The molecule has 1 amide bonds. The minimum absolute atomic E-state index is 0.0525. The van der Waals surface area contributed by atoms with E-state index in [2.05, 4.69) is 5.32 Å². The number of rotatable bonds is 3. The Morgan fingerprint density at radius 3 is 2.94 bits per heavy atom. The predicted molar refractivity (Wildman–Crippen MR) is 69.6 cm³/mol. The summed E-state index contributed by atoms with van der Waals surface area (Å²) >= 11 is 0. The highest BCUT2D eigenvalue weighted by atomic mass is 16.5. The molecule has 2 rings (SSSR count). The fraction of sp³-hybridized carbons (Fsp3) is 0.462. The van der Waals surface area contributed by atoms with Gasteiger partial charge in [-0.2, -0.15) is 0 Å². The maximum absolute atomic E-state index is 12.1. The van der Waals surface area contributed by atoms with E-state index in [4.69, 9.17) is 15.2 Å². The molecule has 1 fully saturated rings. The number of methoxy groups -OCH3 is 1. The first-order chi connectivity index (χ1) is 8.60. The highest BCUT2D eigenvalue weighted by molar-refractivity contribution is 5.94. The molecule has 5 heteroatoms. The third kappa shape index (κ3) is 2.73. The Hall–Kier alpha value is -1.75. The van der Waals surface area contributed by atoms with Gasteiger partial charge in [-0.3, -0.25) is 4.79 Å². The highest BCUT2D eigenvalue weighted by Gasteiger charge is 2.28. The zero-order valence-corrected chi connectivity index (χ0v) is 10.6. The van der Waals surface area contributed by atoms with Gasteiger partial charge in [-0.15, -0.1) is 0 Å². The van der Waals surface area contributed by atoms with Gasteiger partial charge in [-0.1, -0.05) is 0 Å². The Labute approximate surface area is 106 Å². The van der Waals surface area contributed by atoms with Crippen LogP contribution in [0.5, 0.6) is 5.75 Å². The molecule has 3 N–H and O–H groups in total. The van der Waals surface area contributed by atoms with Gasteiger partial charge < -0.3 is 20.5 Å². The fourth-order valence-corrected chi connectivity index (χ4v) is 2.06. The second kappa shape index (κ2) is 5.27. The van der Waals surface area contributed by atoms with Crippen LogP contribution in [0, 0.1) is 5.92 Å². The van der Waals surface area contributed by atoms with Crippen molar-refractivity contribution in [3.63, 3.8) is 0 Å². The van der Waals surface area contributed by atoms with Gasteiger partial charge in [0.2, 0.25) is 5.91 Å². The lowest BCUT2D eigenvalue weighted by Crippen LogP contribution is -2.23. The van der Waals surface area contributed by atoms with Crippen molar-refractivity contribution in [3.05, 3.63) is 18.2 Å². The molecular formula is C13H18N2O3. The predicted octanol–water partition coefficient (Wildman–Crippen LogP) is 1.64. The Kier molecular flexibility index (Phi) is 3.72. The van der Waals surface area contributed by atoms with E-state index >= 15 is 0 Å². The summed E-state index contributed by atoms with van der Waals surface area (Å²) in [6.07, 6.45) is 0.889. The number of carbonyl (C=O) groups excluding carboxylic acids is 1. The van der Waals surface area contributed by atoms with E-state index in [1.54, 1.807) is 25.3 Å². The zero-order chi connectivity index (χ0) is 13.1. The number of amides is 1. The van der Waals surface area contributed by atoms with Gasteiger partial charge in [0.1, 0.15) is 5.75 Å². The number of hydrogen-bond donors (Lipinski definition) is 2. The first-order valence-corrected chi connectivity index (χ1v) is 5.96. The first-order valence-electron chi connectivity index (χ1n) is 5.96. The van der Waals surface area contributed by atoms with Gasteiger partial charge in [0, 0.05) is 5.69 Å². The van der Waals surface area contributed by atoms with Crippen molar-refractivity contribution in [2.75, 3.05) is 24.8 Å². The summed E-state index contributed by atoms with van der Waals surface area (Å²) in [7, 11) is 1.56. The lowest BCUT2D eigenvalue weighted by molar-refractivity contribution is -0.119. The third-order valence-corrected chi connectivity index (χ3v) is 3.05. The van der Waals surface area contributed by atoms with E-state index in [0.717, 1.165) is 6.42 Å². The summed E-state index contributed by atoms with van der Waals surface area (Å²) in [5.74, 6) is 0.443. The normalized spacial score (nSPS) is 22.8. The molecule has 0 spiro atoms. The van der Waals surface area contributed by atoms with Crippen molar-refractivity contribution < 1.29 is 14.3 Å². The standard InChI is InChI=1S/C13H18N2O3/c1-8-5-9(7-18-8)13(16)15-11-6-10(14)3-4-12(11)17-2/h3-4,6,8-9H,5,7,14H2,1-2H3,(H,15,16). The molecule has 1 heterocycles. The van der Waals surface area contributed by atoms with Gasteiger partial charge >= 0.3 is 0 Å². The minimum Gasteiger partial charge on any atom is -0.495 e. The van der Waals surface area contributed by atoms with Crippen LogP contribution >= 0.6 is 0 Å². The van der Waals surface area contributed by atoms with Crippen molar-refractivity contribution in [2.45, 2.75) is 19.4 Å². The smallest absolute Gasteiger partial charge is 0.230 e. The van der Waals surface area contributed by atoms with Crippen LogP contribution in [-0.4, -0.2) is 25.7 Å². The van der Waals surface area contributed by atoms with Gasteiger partial charge in [0.15, 0.2) is 0 Å². The monoisotopic (exact) mass is 250 g/mol. The molecule has 18 heavy (non-hydrogen) atoms. The molecule has 2 unspecified atom stereocenters. The molecule has 98 valence electrons. The van der Waals surface area contributed by atoms with Gasteiger partial charge in [0.25, 0.3) is 0 Å². The second-order valence-corrected chi connectivity index (χ2v) is 4.53. The molecule has 1 saturated heterocycles. The van der Waals surface area contributed by atoms with Crippen LogP contribution in [0.1, 0.15) is 13.3 Å². The van der Waals surface area contributed by atoms with Crippen molar-refractivity contribution in [1.82, 2.24) is 0 Å². The Morgan fingerprint density at radius 1 is 1.56 bits per heavy atom. The van der Waals surface area contributed by atoms with Crippen LogP contribution < -0.4 is 15.8 Å². The average Bonchev–Trinajstić information content (AvgIpc) is 2.76. The molecule has 2 atom stereocenters. The SMILES string of the molecule is COc1ccc(N)cc1NC(=O)C1COC(C)C1. The van der Waals surface area contributed by atoms with Gasteiger partial charge in [-0.25, -0.2) is 0 Å². The number of hydrogen-bond acceptors (Lipinski definition) is 4. The van der Waals surface area contributed by atoms with Gasteiger partial charge in [0.05, 0.1) is 31.4 Å². The minimum atomic E-state index is -0.105. The maximum atomic E-state index is 12.1. The fourth-order valence-electron chi connectivity index (χ4n) is 2.06. The third-order valence-electron chi connectivity index (χ3n) is 3.05. The molecule has 5 nitrogen and oxygen atoms in total. The van der Waals surface area contributed by atoms with Gasteiger partial charge in [-0.05, 0) is 31.5 Å². The Bertz CT molecular complexity index is 448. The topological polar surface area (TPSA) is 73.6 Å². The summed E-state index contributed by atoms with van der Waals surface area (Å²) in [4.78, 5) is 12.1. The van der Waals surface area contributed by atoms with E-state index in [1.165, 1.54) is 0 Å². The van der Waals surface area contributed by atoms with E-state index in [0.29, 0.717) is 23.7 Å². The zero-order valence-electron chi connectivity index (χ0n) is 10.6. The molecule has 0 bridgehead atoms. The molecule has 1 aliphatic heterocycles. The summed E-state index contributed by atoms with van der Waals surface area (Å²) in [5.41, 5.74) is 6.89. The Balaban J connectivity index is 2.09. The van der Waals surface area contributed by atoms with Crippen LogP contribution in [0.3, 0.4) is 0 Å². The largest absolute Gasteiger partial charge is 0.495 e. The van der Waals surface area contributed by atoms with Crippen molar-refractivity contribution >= 4 is 17.3 Å². The number of nitrogens with two attached hydrogens (primary N) is 1. The summed E-state index contributed by atoms with van der Waals surface area (Å²) < 4.78 is 10.6. The number of benzene rings is 1. The summed E-state index contributed by atoms with van der Waals surface area (Å²) in [6, 6.07) is 5.16. The number of nitrogens with one attached hydrogen (secondary N) is 1. The molecule has 0 saturated carbocycles. The quantitative estimate of drug-likeness (QED) is 0.800.